The van der Waals surface area contributed by atoms with Crippen LogP contribution < -0.4 is 9.80 Å². The van der Waals surface area contributed by atoms with E-state index < -0.39 is 5.97 Å². The number of rotatable bonds is 3. The van der Waals surface area contributed by atoms with Gasteiger partial charge in [0.25, 0.3) is 0 Å². The van der Waals surface area contributed by atoms with Gasteiger partial charge in [0.2, 0.25) is 0 Å². The number of benzene rings is 1. The van der Waals surface area contributed by atoms with Gasteiger partial charge in [0.05, 0.1) is 0 Å². The van der Waals surface area contributed by atoms with E-state index in [4.69, 9.17) is 5.11 Å². The highest BCUT2D eigenvalue weighted by atomic mass is 16.4. The summed E-state index contributed by atoms with van der Waals surface area (Å²) in [6, 6.07) is 6.13. The Kier molecular flexibility index (Phi) is 2.73. The lowest BCUT2D eigenvalue weighted by atomic mass is 10.1. The predicted molar refractivity (Wildman–Crippen MR) is 64.3 cm³/mol. The number of carboxylic acids is 1. The van der Waals surface area contributed by atoms with Gasteiger partial charge in [-0.25, -0.2) is 0 Å². The van der Waals surface area contributed by atoms with Crippen LogP contribution in [0.1, 0.15) is 5.56 Å². The molecular formula is C12H16N2O2. The number of likely N-dealkylation sites (N-methyl/N-ethyl adjacent to an activating group) is 2. The Labute approximate surface area is 95.1 Å². The molecule has 2 rings (SSSR count). The first-order valence-corrected chi connectivity index (χ1v) is 5.35. The van der Waals surface area contributed by atoms with E-state index in [1.807, 2.05) is 6.07 Å². The van der Waals surface area contributed by atoms with E-state index in [1.54, 1.807) is 11.9 Å². The highest BCUT2D eigenvalue weighted by Gasteiger charge is 2.16. The SMILES string of the molecule is CN(CC(=O)O)c1ccc2c(c1)CCN2C. The van der Waals surface area contributed by atoms with Crippen molar-refractivity contribution in [2.75, 3.05) is 37.0 Å². The lowest BCUT2D eigenvalue weighted by Gasteiger charge is -2.18. The number of fused-ring (bicyclic) bond motifs is 1. The second kappa shape index (κ2) is 4.04. The van der Waals surface area contributed by atoms with Gasteiger partial charge in [-0.3, -0.25) is 4.79 Å². The van der Waals surface area contributed by atoms with Crippen molar-refractivity contribution >= 4 is 17.3 Å². The monoisotopic (exact) mass is 220 g/mol. The van der Waals surface area contributed by atoms with Crippen LogP contribution in [0.2, 0.25) is 0 Å². The molecule has 0 saturated heterocycles. The van der Waals surface area contributed by atoms with Crippen molar-refractivity contribution < 1.29 is 9.90 Å². The van der Waals surface area contributed by atoms with Crippen LogP contribution >= 0.6 is 0 Å². The molecule has 0 atom stereocenters. The summed E-state index contributed by atoms with van der Waals surface area (Å²) >= 11 is 0. The molecule has 0 saturated carbocycles. The van der Waals surface area contributed by atoms with Crippen molar-refractivity contribution in [2.45, 2.75) is 6.42 Å². The zero-order valence-electron chi connectivity index (χ0n) is 9.60. The van der Waals surface area contributed by atoms with Crippen LogP contribution in [-0.4, -0.2) is 38.3 Å². The van der Waals surface area contributed by atoms with E-state index in [0.717, 1.165) is 18.7 Å². The number of hydrogen-bond acceptors (Lipinski definition) is 3. The van der Waals surface area contributed by atoms with E-state index in [2.05, 4.69) is 24.1 Å². The molecule has 1 aromatic rings. The summed E-state index contributed by atoms with van der Waals surface area (Å²) in [5, 5.41) is 8.73. The summed E-state index contributed by atoms with van der Waals surface area (Å²) in [6.07, 6.45) is 1.04. The third-order valence-electron chi connectivity index (χ3n) is 3.00. The van der Waals surface area contributed by atoms with Gasteiger partial charge in [-0.1, -0.05) is 0 Å². The molecule has 1 heterocycles. The normalized spacial score (nSPS) is 13.8. The van der Waals surface area contributed by atoms with Crippen LogP contribution in [0, 0.1) is 0 Å². The lowest BCUT2D eigenvalue weighted by molar-refractivity contribution is -0.135. The summed E-state index contributed by atoms with van der Waals surface area (Å²) < 4.78 is 0. The zero-order chi connectivity index (χ0) is 11.7. The first-order chi connectivity index (χ1) is 7.58. The van der Waals surface area contributed by atoms with Crippen molar-refractivity contribution in [1.82, 2.24) is 0 Å². The van der Waals surface area contributed by atoms with Gasteiger partial charge < -0.3 is 14.9 Å². The number of carboxylic acid groups (broad SMARTS) is 1. The summed E-state index contributed by atoms with van der Waals surface area (Å²) in [4.78, 5) is 14.6. The summed E-state index contributed by atoms with van der Waals surface area (Å²) in [5.74, 6) is -0.805. The smallest absolute Gasteiger partial charge is 0.323 e. The molecule has 0 bridgehead atoms. The van der Waals surface area contributed by atoms with Gasteiger partial charge in [-0.2, -0.15) is 0 Å². The molecule has 1 N–H and O–H groups in total. The summed E-state index contributed by atoms with van der Waals surface area (Å²) in [5.41, 5.74) is 3.53. The maximum Gasteiger partial charge on any atom is 0.323 e. The molecule has 0 amide bonds. The fourth-order valence-electron chi connectivity index (χ4n) is 2.08. The average molecular weight is 220 g/mol. The maximum atomic E-state index is 10.6. The van der Waals surface area contributed by atoms with Crippen LogP contribution in [0.3, 0.4) is 0 Å². The number of nitrogens with zero attached hydrogens (tertiary/aromatic N) is 2. The largest absolute Gasteiger partial charge is 0.480 e. The van der Waals surface area contributed by atoms with Gasteiger partial charge in [-0.05, 0) is 30.2 Å². The highest BCUT2D eigenvalue weighted by Crippen LogP contribution is 2.30. The van der Waals surface area contributed by atoms with Crippen LogP contribution in [0.15, 0.2) is 18.2 Å². The molecule has 4 nitrogen and oxygen atoms in total. The Morgan fingerprint density at radius 3 is 3.00 bits per heavy atom. The van der Waals surface area contributed by atoms with E-state index in [1.165, 1.54) is 11.3 Å². The Bertz CT molecular complexity index is 417. The standard InChI is InChI=1S/C12H16N2O2/c1-13-6-5-9-7-10(3-4-11(9)13)14(2)8-12(15)16/h3-4,7H,5-6,8H2,1-2H3,(H,15,16). The predicted octanol–water partition coefficient (Wildman–Crippen LogP) is 1.20. The zero-order valence-corrected chi connectivity index (χ0v) is 9.60. The number of hydrogen-bond donors (Lipinski definition) is 1. The number of carbonyl (C=O) groups is 1. The van der Waals surface area contributed by atoms with Gasteiger partial charge in [0, 0.05) is 32.0 Å². The van der Waals surface area contributed by atoms with Crippen molar-refractivity contribution in [1.29, 1.82) is 0 Å². The molecule has 1 aromatic carbocycles. The van der Waals surface area contributed by atoms with E-state index in [0.29, 0.717) is 0 Å². The minimum absolute atomic E-state index is 0.0363. The van der Waals surface area contributed by atoms with E-state index in [-0.39, 0.29) is 6.54 Å². The third kappa shape index (κ3) is 1.96. The van der Waals surface area contributed by atoms with E-state index >= 15 is 0 Å². The van der Waals surface area contributed by atoms with E-state index in [9.17, 15) is 4.79 Å². The second-order valence-corrected chi connectivity index (χ2v) is 4.23. The van der Waals surface area contributed by atoms with Gasteiger partial charge in [0.1, 0.15) is 6.54 Å². The molecule has 4 heteroatoms. The highest BCUT2D eigenvalue weighted by molar-refractivity contribution is 5.74. The third-order valence-corrected chi connectivity index (χ3v) is 3.00. The molecule has 0 spiro atoms. The van der Waals surface area contributed by atoms with Crippen LogP contribution in [0.5, 0.6) is 0 Å². The fourth-order valence-corrected chi connectivity index (χ4v) is 2.08. The Morgan fingerprint density at radius 2 is 2.31 bits per heavy atom. The minimum Gasteiger partial charge on any atom is -0.480 e. The lowest BCUT2D eigenvalue weighted by Crippen LogP contribution is -2.25. The fraction of sp³-hybridized carbons (Fsp3) is 0.417. The topological polar surface area (TPSA) is 43.8 Å². The van der Waals surface area contributed by atoms with Gasteiger partial charge >= 0.3 is 5.97 Å². The molecule has 0 unspecified atom stereocenters. The summed E-state index contributed by atoms with van der Waals surface area (Å²) in [6.45, 7) is 1.08. The van der Waals surface area contributed by atoms with Crippen molar-refractivity contribution in [3.05, 3.63) is 23.8 Å². The van der Waals surface area contributed by atoms with Gasteiger partial charge in [-0.15, -0.1) is 0 Å². The molecular weight excluding hydrogens is 204 g/mol. The molecule has 1 aliphatic rings. The molecule has 0 radical (unpaired) electrons. The van der Waals surface area contributed by atoms with Crippen molar-refractivity contribution in [3.63, 3.8) is 0 Å². The first kappa shape index (κ1) is 10.8. The molecule has 0 aliphatic carbocycles. The number of aliphatic carboxylic acids is 1. The Hall–Kier alpha value is -1.71. The molecule has 86 valence electrons. The quantitative estimate of drug-likeness (QED) is 0.831. The number of anilines is 2. The second-order valence-electron chi connectivity index (χ2n) is 4.23. The molecule has 0 aromatic heterocycles. The maximum absolute atomic E-state index is 10.6. The Morgan fingerprint density at radius 1 is 1.56 bits per heavy atom. The average Bonchev–Trinajstić information content (AvgIpc) is 2.59. The first-order valence-electron chi connectivity index (χ1n) is 5.35. The molecule has 16 heavy (non-hydrogen) atoms. The van der Waals surface area contributed by atoms with Crippen LogP contribution in [-0.2, 0) is 11.2 Å². The van der Waals surface area contributed by atoms with Crippen molar-refractivity contribution in [2.24, 2.45) is 0 Å². The van der Waals surface area contributed by atoms with Crippen molar-refractivity contribution in [3.8, 4) is 0 Å². The Balaban J connectivity index is 2.21. The van der Waals surface area contributed by atoms with Gasteiger partial charge in [0.15, 0.2) is 0 Å². The summed E-state index contributed by atoms with van der Waals surface area (Å²) in [7, 11) is 3.88. The molecule has 0 fully saturated rings. The van der Waals surface area contributed by atoms with Crippen LogP contribution in [0.4, 0.5) is 11.4 Å². The molecule has 1 aliphatic heterocycles. The minimum atomic E-state index is -0.805. The van der Waals surface area contributed by atoms with Crippen LogP contribution in [0.25, 0.3) is 0 Å².